The molecule has 1 aromatic rings. The fourth-order valence-corrected chi connectivity index (χ4v) is 8.51. The number of hydrogen-bond acceptors (Lipinski definition) is 7. The van der Waals surface area contributed by atoms with E-state index < -0.39 is 39.6 Å². The van der Waals surface area contributed by atoms with Crippen molar-refractivity contribution < 1.29 is 32.2 Å². The standard InChI is InChI=1S/C25H33ClFN3O6S/c26-20-6-5-19(11-21(20)27)37(33,34)30-22(16-1-2-16)14-35-15-23(30)25(7-8-25)36-24(32)28-12-17-3-4-18(13-28)29(17)9-10-31/h5-6,11,16-18,22-23,31H,1-4,7-10,12-15H2/t17?,18?,22-,23+/m0/s1. The van der Waals surface area contributed by atoms with Crippen molar-refractivity contribution in [2.45, 2.75) is 73.2 Å². The van der Waals surface area contributed by atoms with Crippen LogP contribution in [0.3, 0.4) is 0 Å². The number of carbonyl (C=O) groups is 1. The van der Waals surface area contributed by atoms with E-state index in [2.05, 4.69) is 4.90 Å². The van der Waals surface area contributed by atoms with Crippen LogP contribution >= 0.6 is 11.6 Å². The van der Waals surface area contributed by atoms with Crippen LogP contribution in [-0.2, 0) is 19.5 Å². The Labute approximate surface area is 221 Å². The molecule has 2 bridgehead atoms. The first-order valence-corrected chi connectivity index (χ1v) is 15.0. The first-order valence-electron chi connectivity index (χ1n) is 13.1. The minimum Gasteiger partial charge on any atom is -0.441 e. The highest BCUT2D eigenvalue weighted by Crippen LogP contribution is 2.50. The largest absolute Gasteiger partial charge is 0.441 e. The van der Waals surface area contributed by atoms with E-state index in [1.165, 1.54) is 16.4 Å². The van der Waals surface area contributed by atoms with Crippen LogP contribution in [0, 0.1) is 11.7 Å². The predicted octanol–water partition coefficient (Wildman–Crippen LogP) is 2.46. The Morgan fingerprint density at radius 1 is 1.16 bits per heavy atom. The van der Waals surface area contributed by atoms with E-state index in [4.69, 9.17) is 21.1 Å². The fourth-order valence-electron chi connectivity index (χ4n) is 6.48. The highest BCUT2D eigenvalue weighted by atomic mass is 35.5. The van der Waals surface area contributed by atoms with E-state index in [9.17, 15) is 22.7 Å². The number of aliphatic hydroxyl groups is 1. The van der Waals surface area contributed by atoms with Crippen molar-refractivity contribution in [3.05, 3.63) is 29.0 Å². The first kappa shape index (κ1) is 25.8. The summed E-state index contributed by atoms with van der Waals surface area (Å²) in [6.07, 6.45) is 4.41. The van der Waals surface area contributed by atoms with Gasteiger partial charge in [0.15, 0.2) is 0 Å². The molecular weight excluding hydrogens is 525 g/mol. The lowest BCUT2D eigenvalue weighted by Gasteiger charge is -2.45. The Kier molecular flexibility index (Phi) is 6.69. The number of benzene rings is 1. The number of aliphatic hydroxyl groups excluding tert-OH is 1. The molecule has 1 aromatic carbocycles. The molecule has 1 N–H and O–H groups in total. The summed E-state index contributed by atoms with van der Waals surface area (Å²) in [5.41, 5.74) is -0.968. The van der Waals surface area contributed by atoms with Crippen LogP contribution in [0.5, 0.6) is 0 Å². The van der Waals surface area contributed by atoms with E-state index in [0.29, 0.717) is 32.5 Å². The average molecular weight is 558 g/mol. The molecule has 3 aliphatic heterocycles. The van der Waals surface area contributed by atoms with Crippen LogP contribution in [-0.4, -0.2) is 103 Å². The zero-order valence-electron chi connectivity index (χ0n) is 20.6. The maximum Gasteiger partial charge on any atom is 0.410 e. The number of fused-ring (bicyclic) bond motifs is 2. The maximum absolute atomic E-state index is 14.3. The molecule has 0 aromatic heterocycles. The van der Waals surface area contributed by atoms with Crippen molar-refractivity contribution in [1.29, 1.82) is 0 Å². The summed E-state index contributed by atoms with van der Waals surface area (Å²) in [5, 5.41) is 9.25. The van der Waals surface area contributed by atoms with Crippen molar-refractivity contribution in [2.75, 3.05) is 39.5 Å². The van der Waals surface area contributed by atoms with Gasteiger partial charge in [0.25, 0.3) is 0 Å². The van der Waals surface area contributed by atoms with Crippen LogP contribution in [0.1, 0.15) is 38.5 Å². The molecule has 2 unspecified atom stereocenters. The SMILES string of the molecule is O=C(OC1([C@H]2COC[C@@H](C3CC3)N2S(=O)(=O)c2ccc(Cl)c(F)c2)CC1)N1CC2CCC(C1)N2CCO. The molecule has 3 heterocycles. The van der Waals surface area contributed by atoms with Crippen LogP contribution in [0.25, 0.3) is 0 Å². The Balaban J connectivity index is 1.25. The third kappa shape index (κ3) is 4.65. The van der Waals surface area contributed by atoms with Crippen LogP contribution in [0.2, 0.25) is 5.02 Å². The van der Waals surface area contributed by atoms with Gasteiger partial charge in [-0.2, -0.15) is 4.31 Å². The number of amides is 1. The minimum atomic E-state index is -4.11. The Morgan fingerprint density at radius 3 is 2.46 bits per heavy atom. The van der Waals surface area contributed by atoms with Gasteiger partial charge in [0.05, 0.1) is 41.8 Å². The molecule has 37 heavy (non-hydrogen) atoms. The quantitative estimate of drug-likeness (QED) is 0.550. The number of sulfonamides is 1. The molecule has 1 amide bonds. The van der Waals surface area contributed by atoms with E-state index in [-0.39, 0.29) is 47.7 Å². The zero-order valence-corrected chi connectivity index (χ0v) is 22.2. The van der Waals surface area contributed by atoms with Gasteiger partial charge in [0, 0.05) is 31.7 Å². The Bertz CT molecular complexity index is 1150. The topological polar surface area (TPSA) is 99.6 Å². The molecule has 0 radical (unpaired) electrons. The van der Waals surface area contributed by atoms with Gasteiger partial charge in [-0.15, -0.1) is 0 Å². The molecule has 9 nitrogen and oxygen atoms in total. The van der Waals surface area contributed by atoms with Gasteiger partial charge in [0.2, 0.25) is 10.0 Å². The van der Waals surface area contributed by atoms with Gasteiger partial charge in [-0.3, -0.25) is 4.90 Å². The summed E-state index contributed by atoms with van der Waals surface area (Å²) in [6, 6.07) is 2.85. The molecule has 0 spiro atoms. The summed E-state index contributed by atoms with van der Waals surface area (Å²) in [6.45, 7) is 2.12. The highest BCUT2D eigenvalue weighted by Gasteiger charge is 2.62. The summed E-state index contributed by atoms with van der Waals surface area (Å²) in [5.74, 6) is -0.630. The normalized spacial score (nSPS) is 31.9. The number of ether oxygens (including phenoxy) is 2. The Morgan fingerprint density at radius 2 is 1.86 bits per heavy atom. The number of hydrogen-bond donors (Lipinski definition) is 1. The molecule has 4 atom stereocenters. The van der Waals surface area contributed by atoms with Gasteiger partial charge in [-0.25, -0.2) is 17.6 Å². The molecule has 204 valence electrons. The highest BCUT2D eigenvalue weighted by molar-refractivity contribution is 7.89. The third-order valence-electron chi connectivity index (χ3n) is 8.72. The zero-order chi connectivity index (χ0) is 25.9. The van der Waals surface area contributed by atoms with Gasteiger partial charge < -0.3 is 19.5 Å². The maximum atomic E-state index is 14.3. The van der Waals surface area contributed by atoms with Gasteiger partial charge in [-0.05, 0) is 62.6 Å². The lowest BCUT2D eigenvalue weighted by molar-refractivity contribution is -0.0781. The summed E-state index contributed by atoms with van der Waals surface area (Å²) in [7, 11) is -4.11. The number of halogens is 2. The van der Waals surface area contributed by atoms with Gasteiger partial charge in [0.1, 0.15) is 11.4 Å². The summed E-state index contributed by atoms with van der Waals surface area (Å²) in [4.78, 5) is 17.2. The number of likely N-dealkylation sites (tertiary alicyclic amines) is 1. The van der Waals surface area contributed by atoms with Gasteiger partial charge >= 0.3 is 6.09 Å². The van der Waals surface area contributed by atoms with Crippen LogP contribution in [0.4, 0.5) is 9.18 Å². The molecule has 5 fully saturated rings. The second-order valence-corrected chi connectivity index (χ2v) is 13.3. The second-order valence-electron chi connectivity index (χ2n) is 11.1. The monoisotopic (exact) mass is 557 g/mol. The summed E-state index contributed by atoms with van der Waals surface area (Å²) >= 11 is 5.82. The molecule has 12 heteroatoms. The van der Waals surface area contributed by atoms with Crippen LogP contribution < -0.4 is 0 Å². The number of rotatable bonds is 7. The molecular formula is C25H33ClFN3O6S. The molecule has 5 aliphatic rings. The average Bonchev–Trinajstić information content (AvgIpc) is 3.80. The van der Waals surface area contributed by atoms with Gasteiger partial charge in [-0.1, -0.05) is 11.6 Å². The smallest absolute Gasteiger partial charge is 0.410 e. The van der Waals surface area contributed by atoms with Crippen molar-refractivity contribution in [3.63, 3.8) is 0 Å². The van der Waals surface area contributed by atoms with E-state index in [1.807, 2.05) is 0 Å². The van der Waals surface area contributed by atoms with Crippen molar-refractivity contribution in [2.24, 2.45) is 5.92 Å². The van der Waals surface area contributed by atoms with E-state index in [1.54, 1.807) is 4.90 Å². The lowest BCUT2D eigenvalue weighted by Crippen LogP contribution is -2.62. The number of nitrogens with zero attached hydrogens (tertiary/aromatic N) is 3. The molecule has 6 rings (SSSR count). The molecule has 2 aliphatic carbocycles. The fraction of sp³-hybridized carbons (Fsp3) is 0.720. The van der Waals surface area contributed by atoms with E-state index in [0.717, 1.165) is 31.7 Å². The number of piperazine rings is 1. The number of morpholine rings is 1. The Hall–Kier alpha value is -1.50. The first-order chi connectivity index (χ1) is 17.7. The molecule has 2 saturated carbocycles. The second kappa shape index (κ2) is 9.60. The van der Waals surface area contributed by atoms with E-state index >= 15 is 0 Å². The van der Waals surface area contributed by atoms with Crippen LogP contribution in [0.15, 0.2) is 23.1 Å². The van der Waals surface area contributed by atoms with Crippen molar-refractivity contribution in [1.82, 2.24) is 14.1 Å². The van der Waals surface area contributed by atoms with Crippen molar-refractivity contribution >= 4 is 27.7 Å². The molecule has 3 saturated heterocycles. The third-order valence-corrected chi connectivity index (χ3v) is 11.0. The summed E-state index contributed by atoms with van der Waals surface area (Å²) < 4.78 is 55.7. The lowest BCUT2D eigenvalue weighted by atomic mass is 10.0. The predicted molar refractivity (Wildman–Crippen MR) is 132 cm³/mol. The minimum absolute atomic E-state index is 0.0895. The number of carbonyl (C=O) groups excluding carboxylic acids is 1. The van der Waals surface area contributed by atoms with Crippen molar-refractivity contribution in [3.8, 4) is 0 Å².